The number of halogens is 1. The van der Waals surface area contributed by atoms with Crippen LogP contribution in [0.3, 0.4) is 0 Å². The Kier molecular flexibility index (Phi) is 10.4. The summed E-state index contributed by atoms with van der Waals surface area (Å²) in [4.78, 5) is 15.2. The maximum Gasteiger partial charge on any atom is 0.246 e. The van der Waals surface area contributed by atoms with Gasteiger partial charge in [-0.3, -0.25) is 4.79 Å². The van der Waals surface area contributed by atoms with Crippen LogP contribution in [0.2, 0.25) is 0 Å². The van der Waals surface area contributed by atoms with Crippen LogP contribution in [0.4, 0.5) is 0 Å². The second kappa shape index (κ2) is 12.5. The van der Waals surface area contributed by atoms with Gasteiger partial charge in [0.15, 0.2) is 5.78 Å². The maximum atomic E-state index is 12.8. The highest BCUT2D eigenvalue weighted by Gasteiger charge is 2.29. The monoisotopic (exact) mass is 510 g/mol. The van der Waals surface area contributed by atoms with Gasteiger partial charge in [-0.2, -0.15) is 0 Å². The van der Waals surface area contributed by atoms with Gasteiger partial charge in [-0.15, -0.1) is 12.4 Å². The molecule has 0 N–H and O–H groups in total. The number of carbonyl (C=O) groups is 1. The summed E-state index contributed by atoms with van der Waals surface area (Å²) in [6, 6.07) is 11.3. The first kappa shape index (κ1) is 28.1. The van der Waals surface area contributed by atoms with Gasteiger partial charge in [0.05, 0.1) is 13.7 Å². The summed E-state index contributed by atoms with van der Waals surface area (Å²) in [7, 11) is 3.04. The number of unbranched alkanes of at least 4 members (excludes halogenated alkanes) is 1. The SMILES string of the molecule is COc1ccccc1CCN(C)CCCCC(=O)c1cc2c(c(S(=O)(=O)N(C)C)c1)OCC2.Cl. The minimum Gasteiger partial charge on any atom is -0.496 e. The van der Waals surface area contributed by atoms with E-state index in [2.05, 4.69) is 18.0 Å². The van der Waals surface area contributed by atoms with Crippen LogP contribution < -0.4 is 9.47 Å². The van der Waals surface area contributed by atoms with Crippen molar-refractivity contribution in [3.8, 4) is 11.5 Å². The van der Waals surface area contributed by atoms with Gasteiger partial charge in [0, 0.05) is 39.0 Å². The lowest BCUT2D eigenvalue weighted by Gasteiger charge is -2.17. The maximum absolute atomic E-state index is 12.8. The first-order valence-corrected chi connectivity index (χ1v) is 12.7. The molecule has 1 aliphatic heterocycles. The van der Waals surface area contributed by atoms with Crippen molar-refractivity contribution in [2.24, 2.45) is 0 Å². The van der Waals surface area contributed by atoms with Crippen LogP contribution in [0, 0.1) is 0 Å². The van der Waals surface area contributed by atoms with Crippen LogP contribution in [-0.4, -0.2) is 71.4 Å². The standard InChI is InChI=1S/C25H34N2O5S.ClH/c1-26(2)33(29,30)24-18-21(17-20-13-16-32-25(20)24)22(28)10-7-8-14-27(3)15-12-19-9-5-6-11-23(19)31-4;/h5-6,9,11,17-18H,7-8,10,12-16H2,1-4H3;1H. The Morgan fingerprint density at radius 3 is 2.53 bits per heavy atom. The van der Waals surface area contributed by atoms with Crippen molar-refractivity contribution in [3.05, 3.63) is 53.1 Å². The van der Waals surface area contributed by atoms with Gasteiger partial charge in [0.1, 0.15) is 16.4 Å². The molecule has 0 fully saturated rings. The fraction of sp³-hybridized carbons (Fsp3) is 0.480. The summed E-state index contributed by atoms with van der Waals surface area (Å²) in [5.41, 5.74) is 2.42. The van der Waals surface area contributed by atoms with E-state index in [9.17, 15) is 13.2 Å². The Labute approximate surface area is 209 Å². The van der Waals surface area contributed by atoms with E-state index in [0.717, 1.165) is 48.0 Å². The number of hydrogen-bond acceptors (Lipinski definition) is 6. The summed E-state index contributed by atoms with van der Waals surface area (Å²) in [6.07, 6.45) is 3.55. The average Bonchev–Trinajstić information content (AvgIpc) is 3.28. The van der Waals surface area contributed by atoms with E-state index in [1.165, 1.54) is 25.7 Å². The summed E-state index contributed by atoms with van der Waals surface area (Å²) in [6.45, 7) is 2.23. The molecule has 0 saturated carbocycles. The Balaban J connectivity index is 0.00000408. The molecule has 2 aromatic carbocycles. The molecule has 34 heavy (non-hydrogen) atoms. The number of para-hydroxylation sites is 1. The van der Waals surface area contributed by atoms with E-state index in [0.29, 0.717) is 30.8 Å². The van der Waals surface area contributed by atoms with E-state index in [4.69, 9.17) is 9.47 Å². The van der Waals surface area contributed by atoms with Gasteiger partial charge < -0.3 is 14.4 Å². The molecule has 7 nitrogen and oxygen atoms in total. The lowest BCUT2D eigenvalue weighted by molar-refractivity contribution is 0.0978. The number of rotatable bonds is 12. The van der Waals surface area contributed by atoms with Crippen molar-refractivity contribution in [3.63, 3.8) is 0 Å². The zero-order valence-electron chi connectivity index (χ0n) is 20.4. The Bertz CT molecular complexity index is 1090. The molecule has 1 heterocycles. The first-order chi connectivity index (χ1) is 15.7. The van der Waals surface area contributed by atoms with Gasteiger partial charge >= 0.3 is 0 Å². The Morgan fingerprint density at radius 2 is 1.82 bits per heavy atom. The number of nitrogens with zero attached hydrogens (tertiary/aromatic N) is 2. The van der Waals surface area contributed by atoms with Crippen LogP contribution in [0.5, 0.6) is 11.5 Å². The summed E-state index contributed by atoms with van der Waals surface area (Å²) in [5, 5.41) is 0. The van der Waals surface area contributed by atoms with Crippen molar-refractivity contribution < 1.29 is 22.7 Å². The Hall–Kier alpha value is -2.13. The normalized spacial score (nSPS) is 12.9. The van der Waals surface area contributed by atoms with Crippen molar-refractivity contribution in [1.29, 1.82) is 0 Å². The summed E-state index contributed by atoms with van der Waals surface area (Å²) < 4.78 is 37.6. The molecule has 188 valence electrons. The molecule has 1 aliphatic rings. The molecule has 0 amide bonds. The van der Waals surface area contributed by atoms with Gasteiger partial charge in [-0.05, 0) is 62.2 Å². The number of ketones is 1. The first-order valence-electron chi connectivity index (χ1n) is 11.3. The molecular weight excluding hydrogens is 476 g/mol. The van der Waals surface area contributed by atoms with E-state index in [1.54, 1.807) is 13.2 Å². The molecule has 0 radical (unpaired) electrons. The fourth-order valence-electron chi connectivity index (χ4n) is 3.97. The molecule has 9 heteroatoms. The fourth-order valence-corrected chi connectivity index (χ4v) is 5.06. The van der Waals surface area contributed by atoms with Gasteiger partial charge in [-0.1, -0.05) is 18.2 Å². The predicted molar refractivity (Wildman–Crippen MR) is 136 cm³/mol. The lowest BCUT2D eigenvalue weighted by Crippen LogP contribution is -2.23. The second-order valence-corrected chi connectivity index (χ2v) is 10.7. The van der Waals surface area contributed by atoms with E-state index < -0.39 is 10.0 Å². The van der Waals surface area contributed by atoms with E-state index in [-0.39, 0.29) is 23.1 Å². The van der Waals surface area contributed by atoms with Crippen molar-refractivity contribution in [2.45, 2.75) is 37.0 Å². The molecule has 0 bridgehead atoms. The van der Waals surface area contributed by atoms with Gasteiger partial charge in [-0.25, -0.2) is 12.7 Å². The number of carbonyl (C=O) groups excluding carboxylic acids is 1. The number of benzene rings is 2. The molecule has 0 unspecified atom stereocenters. The van der Waals surface area contributed by atoms with Crippen LogP contribution >= 0.6 is 12.4 Å². The highest BCUT2D eigenvalue weighted by atomic mass is 35.5. The smallest absolute Gasteiger partial charge is 0.246 e. The Morgan fingerprint density at radius 1 is 1.09 bits per heavy atom. The van der Waals surface area contributed by atoms with Crippen LogP contribution in [0.25, 0.3) is 0 Å². The van der Waals surface area contributed by atoms with Gasteiger partial charge in [0.2, 0.25) is 10.0 Å². The molecule has 0 aliphatic carbocycles. The summed E-state index contributed by atoms with van der Waals surface area (Å²) >= 11 is 0. The highest BCUT2D eigenvalue weighted by molar-refractivity contribution is 7.89. The van der Waals surface area contributed by atoms with Crippen molar-refractivity contribution >= 4 is 28.2 Å². The van der Waals surface area contributed by atoms with Crippen LogP contribution in [0.1, 0.15) is 40.7 Å². The van der Waals surface area contributed by atoms with Crippen LogP contribution in [0.15, 0.2) is 41.3 Å². The molecular formula is C25H35ClN2O5S. The largest absolute Gasteiger partial charge is 0.496 e. The third-order valence-corrected chi connectivity index (χ3v) is 7.80. The van der Waals surface area contributed by atoms with E-state index >= 15 is 0 Å². The molecule has 0 aromatic heterocycles. The number of fused-ring (bicyclic) bond motifs is 1. The minimum atomic E-state index is -3.69. The van der Waals surface area contributed by atoms with E-state index in [1.807, 2.05) is 18.2 Å². The lowest BCUT2D eigenvalue weighted by atomic mass is 10.0. The molecule has 0 saturated heterocycles. The quantitative estimate of drug-likeness (QED) is 0.319. The number of ether oxygens (including phenoxy) is 2. The molecule has 3 rings (SSSR count). The number of sulfonamides is 1. The zero-order chi connectivity index (χ0) is 24.0. The number of methoxy groups -OCH3 is 1. The minimum absolute atomic E-state index is 0. The third-order valence-electron chi connectivity index (χ3n) is 5.98. The van der Waals surface area contributed by atoms with Gasteiger partial charge in [0.25, 0.3) is 0 Å². The third kappa shape index (κ3) is 6.72. The van der Waals surface area contributed by atoms with Crippen molar-refractivity contribution in [2.75, 3.05) is 47.9 Å². The number of likely N-dealkylation sites (N-methyl/N-ethyl adjacent to an activating group) is 1. The topological polar surface area (TPSA) is 76.2 Å². The second-order valence-electron chi connectivity index (χ2n) is 8.59. The molecule has 0 spiro atoms. The van der Waals surface area contributed by atoms with Crippen molar-refractivity contribution in [1.82, 2.24) is 9.21 Å². The highest BCUT2D eigenvalue weighted by Crippen LogP contribution is 2.35. The predicted octanol–water partition coefficient (Wildman–Crippen LogP) is 3.83. The zero-order valence-corrected chi connectivity index (χ0v) is 22.0. The molecule has 2 aromatic rings. The molecule has 0 atom stereocenters. The summed E-state index contributed by atoms with van der Waals surface area (Å²) in [5.74, 6) is 1.26. The van der Waals surface area contributed by atoms with Crippen LogP contribution in [-0.2, 0) is 22.9 Å². The number of hydrogen-bond donors (Lipinski definition) is 0. The average molecular weight is 511 g/mol. The number of Topliss-reactive ketones (excluding diaryl/α,β-unsaturated/α-hetero) is 1.